The standard InChI is InChI=1S/C16H14O6.C13H12O5.C12H10O5.C11H10O5.C9H6O6.C9H6O5.CH4/c17-13-9-3-1-4(10(9)14(18)21-13)8-6-2-5(7(3)8)11-12(6)16(20)22-15(11)19;1-4-7-5-2-3-6(8(7)11(14)17-4)10-9(5)12(15)18-13(10)16;13-5-2-6(14)8-4-1-3(7(5)8)9-10(4)12(16)17-11(9)15;12-7-3-8(13)6-1-4(7)5-2-9(14)16-11(15)10(5)6;10-6-2-1-3-5(4(2)8(12)14-6)9(13)15-7(3)11;10-2-1-3(11)5-4(2)6-7(5)9(13)14-8(6)12;/h3-12H,1-2H2;5-10H,1-3H2;3-4,7-10H,1-2H2;4-6,10H,1-3H2;2-5H,1H2;4-7H,1H2;1H4. The Balaban J connectivity index is 0.0000000921. The average molecular weight is 1430 g/mol. The Kier molecular flexibility index (Phi) is 14.7. The summed E-state index contributed by atoms with van der Waals surface area (Å²) in [4.78, 5) is 266. The number of ether oxygens (including phenoxy) is 9. The molecule has 0 radical (unpaired) electrons. The molecule has 538 valence electrons. The van der Waals surface area contributed by atoms with Gasteiger partial charge in [0.05, 0.1) is 120 Å². The minimum atomic E-state index is -0.804. The van der Waals surface area contributed by atoms with E-state index in [1.165, 1.54) is 0 Å². The lowest BCUT2D eigenvalue weighted by molar-refractivity contribution is -0.172. The minimum absolute atomic E-state index is 0. The predicted molar refractivity (Wildman–Crippen MR) is 310 cm³/mol. The second-order valence-electron chi connectivity index (χ2n) is 31.7. The number of fused-ring (bicyclic) bond motifs is 36. The fraction of sp³-hybridized carbons (Fsp3) is 0.648. The number of esters is 17. The third-order valence-corrected chi connectivity index (χ3v) is 28.4. The number of allylic oxidation sites excluding steroid dienone is 1. The normalized spacial score (nSPS) is 48.5. The van der Waals surface area contributed by atoms with Crippen LogP contribution in [-0.2, 0) is 153 Å². The monoisotopic (exact) mass is 1430 g/mol. The average Bonchev–Trinajstić information content (AvgIpc) is 1.48. The summed E-state index contributed by atoms with van der Waals surface area (Å²) in [5.41, 5.74) is 0. The third-order valence-electron chi connectivity index (χ3n) is 28.4. The summed E-state index contributed by atoms with van der Waals surface area (Å²) < 4.78 is 42.1. The van der Waals surface area contributed by atoms with Crippen molar-refractivity contribution in [2.45, 2.75) is 78.1 Å². The van der Waals surface area contributed by atoms with E-state index in [1.807, 2.05) is 0 Å². The van der Waals surface area contributed by atoms with E-state index in [0.717, 1.165) is 25.7 Å². The summed E-state index contributed by atoms with van der Waals surface area (Å²) in [6.07, 6.45) is 4.53. The zero-order valence-corrected chi connectivity index (χ0v) is 53.2. The molecule has 10 bridgehead atoms. The highest BCUT2D eigenvalue weighted by molar-refractivity contribution is 6.17. The molecule has 0 aromatic rings. The quantitative estimate of drug-likeness (QED) is 0.123. The van der Waals surface area contributed by atoms with Gasteiger partial charge >= 0.3 is 101 Å². The maximum atomic E-state index is 12.0. The van der Waals surface area contributed by atoms with Crippen LogP contribution in [0.4, 0.5) is 0 Å². The van der Waals surface area contributed by atoms with Gasteiger partial charge in [-0.25, -0.2) is 0 Å². The number of hydrogen-bond acceptors (Lipinski definition) is 32. The molecule has 32 unspecified atom stereocenters. The summed E-state index contributed by atoms with van der Waals surface area (Å²) in [7, 11) is 0. The number of Topliss-reactive ketones (excluding diaryl/α,β-unsaturated/α-hetero) is 6. The smallest absolute Gasteiger partial charge is 0.318 e. The molecular formula is C71H62O32. The van der Waals surface area contributed by atoms with Crippen LogP contribution in [0.2, 0.25) is 0 Å². The van der Waals surface area contributed by atoms with E-state index in [1.54, 1.807) is 0 Å². The molecule has 24 aliphatic rings. The van der Waals surface area contributed by atoms with Crippen LogP contribution in [-0.4, -0.2) is 136 Å². The van der Waals surface area contributed by atoms with Gasteiger partial charge in [-0.1, -0.05) is 14.0 Å². The SMILES string of the molecule is C.C=C1OC(=O)C2C3CCC(C12)C1C(=O)OC(=O)C31.O=C1CC(=O)C2C1C1C(=O)OC(=O)C21.O=C1CC(=O)C2C3CC(C12)C1C(=O)OC(=O)C31.O=C1CC2C3CC(C(=O)CC3=O)C2C(=O)O1.O=C1OC(=O)C2C1CC1C(=O)OC(=O)C12.O=C1OC(=O)C2C3CC(C12)C1C2CC(C4C(=O)OC(=O)C24)C31. The van der Waals surface area contributed by atoms with Crippen LogP contribution < -0.4 is 0 Å². The van der Waals surface area contributed by atoms with Gasteiger partial charge < -0.3 is 42.6 Å². The van der Waals surface area contributed by atoms with E-state index >= 15 is 0 Å². The number of rotatable bonds is 0. The van der Waals surface area contributed by atoms with Gasteiger partial charge in [0.25, 0.3) is 0 Å². The van der Waals surface area contributed by atoms with Crippen molar-refractivity contribution in [3.63, 3.8) is 0 Å². The van der Waals surface area contributed by atoms with E-state index in [0.29, 0.717) is 18.6 Å². The molecular weight excluding hydrogens is 1360 g/mol. The summed E-state index contributed by atoms with van der Waals surface area (Å²) in [6.45, 7) is 3.79. The van der Waals surface area contributed by atoms with Gasteiger partial charge in [0.15, 0.2) is 0 Å². The van der Waals surface area contributed by atoms with Crippen molar-refractivity contribution in [2.75, 3.05) is 0 Å². The van der Waals surface area contributed by atoms with Crippen LogP contribution in [0.3, 0.4) is 0 Å². The topological polar surface area (TPSA) is 476 Å². The highest BCUT2D eigenvalue weighted by atomic mass is 16.6. The largest absolute Gasteiger partial charge is 0.431 e. The molecule has 9 saturated heterocycles. The van der Waals surface area contributed by atoms with E-state index in [4.69, 9.17) is 18.9 Å². The molecule has 0 N–H and O–H groups in total. The van der Waals surface area contributed by atoms with Crippen LogP contribution in [0.15, 0.2) is 12.3 Å². The number of ketones is 6. The summed E-state index contributed by atoms with van der Waals surface area (Å²) in [5, 5.41) is 0. The first-order chi connectivity index (χ1) is 48.5. The van der Waals surface area contributed by atoms with E-state index in [2.05, 4.69) is 30.3 Å². The lowest BCUT2D eigenvalue weighted by Gasteiger charge is -2.47. The molecule has 32 nitrogen and oxygen atoms in total. The Bertz CT molecular complexity index is 3880. The molecule has 32 heteroatoms. The van der Waals surface area contributed by atoms with Crippen molar-refractivity contribution < 1.29 is 153 Å². The first-order valence-electron chi connectivity index (χ1n) is 34.6. The summed E-state index contributed by atoms with van der Waals surface area (Å²) >= 11 is 0. The van der Waals surface area contributed by atoms with Gasteiger partial charge in [-0.05, 0) is 110 Å². The van der Waals surface area contributed by atoms with Crippen LogP contribution >= 0.6 is 0 Å². The Morgan fingerprint density at radius 3 is 0.913 bits per heavy atom. The van der Waals surface area contributed by atoms with Crippen molar-refractivity contribution in [1.82, 2.24) is 0 Å². The van der Waals surface area contributed by atoms with Crippen LogP contribution in [0.5, 0.6) is 0 Å². The van der Waals surface area contributed by atoms with Gasteiger partial charge in [-0.3, -0.25) is 110 Å². The van der Waals surface area contributed by atoms with E-state index < -0.39 is 149 Å². The lowest BCUT2D eigenvalue weighted by Crippen LogP contribution is -2.52. The zero-order chi connectivity index (χ0) is 71.6. The fourth-order valence-electron chi connectivity index (χ4n) is 25.2. The molecule has 0 aromatic heterocycles. The molecule has 24 fully saturated rings. The molecule has 0 spiro atoms. The Morgan fingerprint density at radius 2 is 0.495 bits per heavy atom. The molecule has 0 amide bonds. The molecule has 24 rings (SSSR count). The molecule has 103 heavy (non-hydrogen) atoms. The maximum Gasteiger partial charge on any atom is 0.318 e. The van der Waals surface area contributed by atoms with Crippen LogP contribution in [0.1, 0.15) is 78.1 Å². The van der Waals surface area contributed by atoms with E-state index in [-0.39, 0.29) is 228 Å². The highest BCUT2D eigenvalue weighted by Gasteiger charge is 2.78. The molecule has 32 atom stereocenters. The minimum Gasteiger partial charge on any atom is -0.431 e. The van der Waals surface area contributed by atoms with Crippen LogP contribution in [0, 0.1) is 201 Å². The number of carbonyl (C=O) groups excluding carboxylic acids is 23. The van der Waals surface area contributed by atoms with Crippen LogP contribution in [0.25, 0.3) is 0 Å². The molecule has 0 aromatic carbocycles. The Hall–Kier alpha value is -9.65. The van der Waals surface area contributed by atoms with E-state index in [9.17, 15) is 110 Å². The number of carbonyl (C=O) groups is 23. The van der Waals surface area contributed by atoms with Gasteiger partial charge in [-0.15, -0.1) is 0 Å². The number of cyclic esters (lactones) is 17. The molecule has 15 aliphatic carbocycles. The summed E-state index contributed by atoms with van der Waals surface area (Å²) in [6, 6.07) is 0. The van der Waals surface area contributed by atoms with Gasteiger partial charge in [0.1, 0.15) is 40.5 Å². The lowest BCUT2D eigenvalue weighted by atomic mass is 9.51. The highest BCUT2D eigenvalue weighted by Crippen LogP contribution is 2.75. The number of hydrogen-bond donors (Lipinski definition) is 0. The van der Waals surface area contributed by atoms with Gasteiger partial charge in [0, 0.05) is 41.4 Å². The predicted octanol–water partition coefficient (Wildman–Crippen LogP) is -0.861. The van der Waals surface area contributed by atoms with Gasteiger partial charge in [-0.2, -0.15) is 0 Å². The molecule has 15 saturated carbocycles. The fourth-order valence-corrected chi connectivity index (χ4v) is 25.2. The zero-order valence-electron chi connectivity index (χ0n) is 53.2. The first-order valence-corrected chi connectivity index (χ1v) is 34.6. The van der Waals surface area contributed by atoms with Crippen molar-refractivity contribution >= 4 is 136 Å². The summed E-state index contributed by atoms with van der Waals surface area (Å²) in [5.74, 6) is -19.1. The first kappa shape index (κ1) is 66.6. The van der Waals surface area contributed by atoms with Crippen molar-refractivity contribution in [2.24, 2.45) is 201 Å². The van der Waals surface area contributed by atoms with Gasteiger partial charge in [0.2, 0.25) is 0 Å². The van der Waals surface area contributed by atoms with Crippen molar-refractivity contribution in [3.05, 3.63) is 12.3 Å². The molecule has 9 heterocycles. The Labute approximate surface area is 578 Å². The Morgan fingerprint density at radius 1 is 0.214 bits per heavy atom. The van der Waals surface area contributed by atoms with Crippen molar-refractivity contribution in [3.8, 4) is 0 Å². The second-order valence-corrected chi connectivity index (χ2v) is 31.7. The van der Waals surface area contributed by atoms with Crippen molar-refractivity contribution in [1.29, 1.82) is 0 Å². The maximum absolute atomic E-state index is 12.0. The third kappa shape index (κ3) is 8.88. The molecule has 9 aliphatic heterocycles. The second kappa shape index (κ2) is 22.7.